The molecular weight excluding hydrogens is 346 g/mol. The molecule has 1 amide bonds. The van der Waals surface area contributed by atoms with Crippen LogP contribution < -0.4 is 5.56 Å². The van der Waals surface area contributed by atoms with Gasteiger partial charge in [-0.3, -0.25) is 14.2 Å². The number of carbonyl (C=O) groups excluding carboxylic acids is 1. The minimum absolute atomic E-state index is 0.0310. The van der Waals surface area contributed by atoms with Gasteiger partial charge >= 0.3 is 0 Å². The standard InChI is InChI=1S/C20H29N3O2S/c1-7-15(6)23-19(25)16-10-8-9-11-17(16)21-20(23)26-12-18(24)22(13(2)3)14(4)5/h8-11,13-15H,7,12H2,1-6H3/t15-/m1/s1. The summed E-state index contributed by atoms with van der Waals surface area (Å²) >= 11 is 1.35. The Morgan fingerprint density at radius 1 is 1.15 bits per heavy atom. The molecule has 0 unspecified atom stereocenters. The van der Waals surface area contributed by atoms with Crippen LogP contribution in [0.5, 0.6) is 0 Å². The van der Waals surface area contributed by atoms with E-state index >= 15 is 0 Å². The summed E-state index contributed by atoms with van der Waals surface area (Å²) in [4.78, 5) is 32.2. The van der Waals surface area contributed by atoms with Crippen LogP contribution in [0.1, 0.15) is 54.0 Å². The maximum absolute atomic E-state index is 13.0. The van der Waals surface area contributed by atoms with E-state index in [4.69, 9.17) is 0 Å². The average Bonchev–Trinajstić information content (AvgIpc) is 2.58. The van der Waals surface area contributed by atoms with E-state index in [0.29, 0.717) is 16.1 Å². The Labute approximate surface area is 159 Å². The molecule has 2 rings (SSSR count). The van der Waals surface area contributed by atoms with Crippen LogP contribution in [0.3, 0.4) is 0 Å². The van der Waals surface area contributed by atoms with Crippen LogP contribution in [0.15, 0.2) is 34.2 Å². The number of benzene rings is 1. The molecule has 0 N–H and O–H groups in total. The van der Waals surface area contributed by atoms with Gasteiger partial charge in [0.2, 0.25) is 5.91 Å². The Bertz CT molecular complexity index is 821. The van der Waals surface area contributed by atoms with Crippen molar-refractivity contribution in [1.82, 2.24) is 14.5 Å². The number of fused-ring (bicyclic) bond motifs is 1. The van der Waals surface area contributed by atoms with Gasteiger partial charge in [0.15, 0.2) is 5.16 Å². The summed E-state index contributed by atoms with van der Waals surface area (Å²) in [7, 11) is 0. The number of hydrogen-bond acceptors (Lipinski definition) is 4. The number of nitrogens with zero attached hydrogens (tertiary/aromatic N) is 3. The third-order valence-corrected chi connectivity index (χ3v) is 5.47. The molecule has 1 aromatic carbocycles. The van der Waals surface area contributed by atoms with E-state index in [-0.39, 0.29) is 35.3 Å². The molecule has 142 valence electrons. The van der Waals surface area contributed by atoms with Crippen molar-refractivity contribution in [2.75, 3.05) is 5.75 Å². The Morgan fingerprint density at radius 3 is 2.35 bits per heavy atom. The minimum Gasteiger partial charge on any atom is -0.337 e. The highest BCUT2D eigenvalue weighted by atomic mass is 32.2. The normalized spacial score (nSPS) is 12.8. The Balaban J connectivity index is 2.39. The van der Waals surface area contributed by atoms with Gasteiger partial charge in [0.05, 0.1) is 16.7 Å². The zero-order chi connectivity index (χ0) is 19.4. The van der Waals surface area contributed by atoms with Gasteiger partial charge in [-0.15, -0.1) is 0 Å². The fourth-order valence-corrected chi connectivity index (χ4v) is 4.14. The van der Waals surface area contributed by atoms with Crippen LogP contribution in [-0.2, 0) is 4.79 Å². The van der Waals surface area contributed by atoms with Crippen LogP contribution in [-0.4, -0.2) is 38.2 Å². The molecular formula is C20H29N3O2S. The van der Waals surface area contributed by atoms with Crippen molar-refractivity contribution < 1.29 is 4.79 Å². The lowest BCUT2D eigenvalue weighted by atomic mass is 10.2. The highest BCUT2D eigenvalue weighted by Crippen LogP contribution is 2.23. The first kappa shape index (κ1) is 20.5. The molecule has 1 aromatic heterocycles. The fraction of sp³-hybridized carbons (Fsp3) is 0.550. The molecule has 0 spiro atoms. The van der Waals surface area contributed by atoms with Crippen molar-refractivity contribution in [2.45, 2.75) is 71.2 Å². The van der Waals surface area contributed by atoms with Crippen LogP contribution in [0, 0.1) is 0 Å². The number of amides is 1. The molecule has 0 aliphatic heterocycles. The topological polar surface area (TPSA) is 55.2 Å². The highest BCUT2D eigenvalue weighted by Gasteiger charge is 2.22. The molecule has 1 atom stereocenters. The van der Waals surface area contributed by atoms with E-state index < -0.39 is 0 Å². The van der Waals surface area contributed by atoms with Gasteiger partial charge in [0.1, 0.15) is 0 Å². The number of carbonyl (C=O) groups is 1. The van der Waals surface area contributed by atoms with Crippen LogP contribution in [0.4, 0.5) is 0 Å². The van der Waals surface area contributed by atoms with Crippen molar-refractivity contribution in [3.05, 3.63) is 34.6 Å². The van der Waals surface area contributed by atoms with Crippen LogP contribution in [0.2, 0.25) is 0 Å². The molecule has 0 fully saturated rings. The van der Waals surface area contributed by atoms with Crippen molar-refractivity contribution in [3.8, 4) is 0 Å². The van der Waals surface area contributed by atoms with E-state index in [0.717, 1.165) is 6.42 Å². The zero-order valence-electron chi connectivity index (χ0n) is 16.5. The largest absolute Gasteiger partial charge is 0.337 e. The molecule has 1 heterocycles. The van der Waals surface area contributed by atoms with Gasteiger partial charge in [-0.2, -0.15) is 0 Å². The smallest absolute Gasteiger partial charge is 0.262 e. The summed E-state index contributed by atoms with van der Waals surface area (Å²) in [6.45, 7) is 12.1. The van der Waals surface area contributed by atoms with E-state index in [1.54, 1.807) is 4.57 Å². The quantitative estimate of drug-likeness (QED) is 0.540. The first-order valence-corrected chi connectivity index (χ1v) is 10.2. The second-order valence-corrected chi connectivity index (χ2v) is 8.06. The van der Waals surface area contributed by atoms with Crippen molar-refractivity contribution >= 4 is 28.6 Å². The molecule has 0 aliphatic rings. The maximum Gasteiger partial charge on any atom is 0.262 e. The van der Waals surface area contributed by atoms with Crippen molar-refractivity contribution in [3.63, 3.8) is 0 Å². The zero-order valence-corrected chi connectivity index (χ0v) is 17.3. The second kappa shape index (κ2) is 8.71. The Kier molecular flexibility index (Phi) is 6.87. The highest BCUT2D eigenvalue weighted by molar-refractivity contribution is 7.99. The van der Waals surface area contributed by atoms with Gasteiger partial charge in [-0.1, -0.05) is 30.8 Å². The first-order chi connectivity index (χ1) is 12.3. The number of rotatable bonds is 7. The lowest BCUT2D eigenvalue weighted by molar-refractivity contribution is -0.131. The number of thioether (sulfide) groups is 1. The number of aromatic nitrogens is 2. The summed E-state index contributed by atoms with van der Waals surface area (Å²) in [6.07, 6.45) is 0.825. The predicted molar refractivity (Wildman–Crippen MR) is 109 cm³/mol. The van der Waals surface area contributed by atoms with Crippen molar-refractivity contribution in [1.29, 1.82) is 0 Å². The monoisotopic (exact) mass is 375 g/mol. The SMILES string of the molecule is CC[C@@H](C)n1c(SCC(=O)N(C(C)C)C(C)C)nc2ccccc2c1=O. The Hall–Kier alpha value is -1.82. The van der Waals surface area contributed by atoms with Crippen LogP contribution >= 0.6 is 11.8 Å². The van der Waals surface area contributed by atoms with Crippen LogP contribution in [0.25, 0.3) is 10.9 Å². The van der Waals surface area contributed by atoms with E-state index in [2.05, 4.69) is 4.98 Å². The minimum atomic E-state index is -0.0375. The average molecular weight is 376 g/mol. The predicted octanol–water partition coefficient (Wildman–Crippen LogP) is 4.11. The lowest BCUT2D eigenvalue weighted by Crippen LogP contribution is -2.43. The summed E-state index contributed by atoms with van der Waals surface area (Å²) < 4.78 is 1.73. The second-order valence-electron chi connectivity index (χ2n) is 7.12. The lowest BCUT2D eigenvalue weighted by Gasteiger charge is -2.30. The van der Waals surface area contributed by atoms with E-state index in [1.807, 2.05) is 70.7 Å². The molecule has 0 radical (unpaired) electrons. The summed E-state index contributed by atoms with van der Waals surface area (Å²) in [5.74, 6) is 0.343. The molecule has 2 aromatic rings. The molecule has 0 aliphatic carbocycles. The maximum atomic E-state index is 13.0. The van der Waals surface area contributed by atoms with Gasteiger partial charge in [-0.05, 0) is 53.2 Å². The third kappa shape index (κ3) is 4.29. The third-order valence-electron chi connectivity index (χ3n) is 4.53. The van der Waals surface area contributed by atoms with E-state index in [9.17, 15) is 9.59 Å². The molecule has 6 heteroatoms. The van der Waals surface area contributed by atoms with Gasteiger partial charge in [0.25, 0.3) is 5.56 Å². The fourth-order valence-electron chi connectivity index (χ4n) is 3.17. The van der Waals surface area contributed by atoms with Crippen molar-refractivity contribution in [2.24, 2.45) is 0 Å². The molecule has 0 bridgehead atoms. The molecule has 0 saturated heterocycles. The van der Waals surface area contributed by atoms with Gasteiger partial charge in [0, 0.05) is 18.1 Å². The van der Waals surface area contributed by atoms with Gasteiger partial charge < -0.3 is 4.90 Å². The first-order valence-electron chi connectivity index (χ1n) is 9.23. The summed E-state index contributed by atoms with van der Waals surface area (Å²) in [5.41, 5.74) is 0.640. The molecule has 5 nitrogen and oxygen atoms in total. The number of hydrogen-bond donors (Lipinski definition) is 0. The van der Waals surface area contributed by atoms with Gasteiger partial charge in [-0.25, -0.2) is 4.98 Å². The van der Waals surface area contributed by atoms with E-state index in [1.165, 1.54) is 11.8 Å². The number of para-hydroxylation sites is 1. The summed E-state index contributed by atoms with van der Waals surface area (Å²) in [6, 6.07) is 7.70. The molecule has 0 saturated carbocycles. The molecule has 26 heavy (non-hydrogen) atoms. The summed E-state index contributed by atoms with van der Waals surface area (Å²) in [5, 5.41) is 1.23. The Morgan fingerprint density at radius 2 is 1.77 bits per heavy atom.